The summed E-state index contributed by atoms with van der Waals surface area (Å²) in [6.45, 7) is 4.04. The molecule has 3 aromatic rings. The number of thiocarbonyl (C=S) groups is 1. The molecule has 3 rings (SSSR count). The van der Waals surface area contributed by atoms with Gasteiger partial charge in [-0.25, -0.2) is 0 Å². The number of rotatable bonds is 6. The number of amides is 2. The van der Waals surface area contributed by atoms with Crippen LogP contribution in [0.15, 0.2) is 66.7 Å². The van der Waals surface area contributed by atoms with Gasteiger partial charge in [-0.05, 0) is 73.2 Å². The van der Waals surface area contributed by atoms with Gasteiger partial charge in [-0.15, -0.1) is 0 Å². The molecule has 160 valence electrons. The van der Waals surface area contributed by atoms with Crippen LogP contribution in [0.4, 0.5) is 0 Å². The Labute approximate surface area is 185 Å². The Morgan fingerprint density at radius 1 is 0.935 bits per heavy atom. The highest BCUT2D eigenvalue weighted by atomic mass is 32.1. The highest BCUT2D eigenvalue weighted by molar-refractivity contribution is 7.80. The van der Waals surface area contributed by atoms with Crippen molar-refractivity contribution < 1.29 is 19.1 Å². The van der Waals surface area contributed by atoms with E-state index in [0.717, 1.165) is 10.8 Å². The van der Waals surface area contributed by atoms with Gasteiger partial charge in [-0.2, -0.15) is 0 Å². The first-order chi connectivity index (χ1) is 15.0. The lowest BCUT2D eigenvalue weighted by Gasteiger charge is -2.16. The van der Waals surface area contributed by atoms with E-state index in [1.54, 1.807) is 37.3 Å². The molecule has 0 saturated carbocycles. The van der Waals surface area contributed by atoms with Gasteiger partial charge in [0.25, 0.3) is 11.8 Å². The van der Waals surface area contributed by atoms with Crippen molar-refractivity contribution in [2.45, 2.75) is 20.0 Å². The van der Waals surface area contributed by atoms with Crippen LogP contribution in [-0.4, -0.2) is 29.6 Å². The van der Waals surface area contributed by atoms with Crippen LogP contribution >= 0.6 is 12.2 Å². The Morgan fingerprint density at radius 2 is 1.61 bits per heavy atom. The highest BCUT2D eigenvalue weighted by Gasteiger charge is 2.16. The summed E-state index contributed by atoms with van der Waals surface area (Å²) in [5.41, 5.74) is 5.35. The molecule has 31 heavy (non-hydrogen) atoms. The maximum absolute atomic E-state index is 12.3. The summed E-state index contributed by atoms with van der Waals surface area (Å²) < 4.78 is 11.0. The van der Waals surface area contributed by atoms with Gasteiger partial charge in [0, 0.05) is 5.56 Å². The Kier molecular flexibility index (Phi) is 7.40. The first-order valence-corrected chi connectivity index (χ1v) is 10.2. The SMILES string of the molecule is CCOc1ccc(C(=O)NC(=S)NNC(=O)C(C)Oc2ccc3ccccc3c2)cc1. The predicted molar refractivity (Wildman–Crippen MR) is 123 cm³/mol. The molecule has 0 fully saturated rings. The third-order valence-electron chi connectivity index (χ3n) is 4.36. The second-order valence-corrected chi connectivity index (χ2v) is 7.03. The van der Waals surface area contributed by atoms with Crippen molar-refractivity contribution in [3.8, 4) is 11.5 Å². The quantitative estimate of drug-likeness (QED) is 0.405. The number of hydrogen-bond donors (Lipinski definition) is 3. The Hall–Kier alpha value is -3.65. The van der Waals surface area contributed by atoms with Crippen molar-refractivity contribution >= 4 is 39.9 Å². The van der Waals surface area contributed by atoms with Crippen molar-refractivity contribution in [1.29, 1.82) is 0 Å². The second kappa shape index (κ2) is 10.4. The van der Waals surface area contributed by atoms with Crippen LogP contribution in [0.1, 0.15) is 24.2 Å². The molecule has 0 aromatic heterocycles. The molecule has 2 amide bonds. The van der Waals surface area contributed by atoms with Crippen molar-refractivity contribution in [1.82, 2.24) is 16.2 Å². The summed E-state index contributed by atoms with van der Waals surface area (Å²) in [5, 5.41) is 4.56. The molecule has 3 aromatic carbocycles. The van der Waals surface area contributed by atoms with Gasteiger partial charge in [0.05, 0.1) is 6.61 Å². The minimum absolute atomic E-state index is 0.0369. The number of hydrazine groups is 1. The van der Waals surface area contributed by atoms with Gasteiger partial charge < -0.3 is 9.47 Å². The van der Waals surface area contributed by atoms with Crippen LogP contribution < -0.4 is 25.6 Å². The van der Waals surface area contributed by atoms with Gasteiger partial charge in [0.2, 0.25) is 0 Å². The van der Waals surface area contributed by atoms with Crippen molar-refractivity contribution in [2.75, 3.05) is 6.61 Å². The summed E-state index contributed by atoms with van der Waals surface area (Å²) in [5.74, 6) is 0.404. The van der Waals surface area contributed by atoms with E-state index in [1.807, 2.05) is 43.3 Å². The van der Waals surface area contributed by atoms with E-state index < -0.39 is 17.9 Å². The zero-order valence-electron chi connectivity index (χ0n) is 17.2. The molecular weight excluding hydrogens is 414 g/mol. The fourth-order valence-corrected chi connectivity index (χ4v) is 2.94. The van der Waals surface area contributed by atoms with Crippen LogP contribution in [0.25, 0.3) is 10.8 Å². The molecule has 0 heterocycles. The van der Waals surface area contributed by atoms with Crippen molar-refractivity contribution in [3.05, 3.63) is 72.3 Å². The van der Waals surface area contributed by atoms with Crippen LogP contribution in [-0.2, 0) is 4.79 Å². The van der Waals surface area contributed by atoms with Gasteiger partial charge >= 0.3 is 0 Å². The van der Waals surface area contributed by atoms with Crippen LogP contribution in [0.2, 0.25) is 0 Å². The number of hydrogen-bond acceptors (Lipinski definition) is 5. The number of ether oxygens (including phenoxy) is 2. The van der Waals surface area contributed by atoms with Gasteiger partial charge in [0.1, 0.15) is 11.5 Å². The lowest BCUT2D eigenvalue weighted by Crippen LogP contribution is -2.51. The minimum atomic E-state index is -0.779. The molecule has 0 bridgehead atoms. The maximum Gasteiger partial charge on any atom is 0.279 e. The van der Waals surface area contributed by atoms with Gasteiger partial charge in [-0.3, -0.25) is 25.8 Å². The molecule has 1 unspecified atom stereocenters. The van der Waals surface area contributed by atoms with E-state index in [2.05, 4.69) is 16.2 Å². The summed E-state index contributed by atoms with van der Waals surface area (Å²) in [4.78, 5) is 24.5. The average molecular weight is 438 g/mol. The standard InChI is InChI=1S/C23H23N3O4S/c1-3-29-19-11-9-17(10-12-19)22(28)24-23(31)26-25-21(27)15(2)30-20-13-8-16-6-4-5-7-18(16)14-20/h4-15H,3H2,1-2H3,(H,25,27)(H2,24,26,28,31). The van der Waals surface area contributed by atoms with E-state index >= 15 is 0 Å². The summed E-state index contributed by atoms with van der Waals surface area (Å²) in [7, 11) is 0. The van der Waals surface area contributed by atoms with Crippen molar-refractivity contribution in [3.63, 3.8) is 0 Å². The largest absolute Gasteiger partial charge is 0.494 e. The third kappa shape index (κ3) is 6.16. The summed E-state index contributed by atoms with van der Waals surface area (Å²) >= 11 is 5.06. The average Bonchev–Trinajstić information content (AvgIpc) is 2.78. The Morgan fingerprint density at radius 3 is 2.32 bits per heavy atom. The topological polar surface area (TPSA) is 88.7 Å². The minimum Gasteiger partial charge on any atom is -0.494 e. The third-order valence-corrected chi connectivity index (χ3v) is 4.56. The van der Waals surface area contributed by atoms with E-state index in [9.17, 15) is 9.59 Å². The molecule has 0 spiro atoms. The zero-order chi connectivity index (χ0) is 22.2. The Bertz CT molecular complexity index is 1090. The lowest BCUT2D eigenvalue weighted by atomic mass is 10.1. The fraction of sp³-hybridized carbons (Fsp3) is 0.174. The van der Waals surface area contributed by atoms with Crippen LogP contribution in [0.5, 0.6) is 11.5 Å². The number of carbonyl (C=O) groups is 2. The number of benzene rings is 3. The van der Waals surface area contributed by atoms with Crippen LogP contribution in [0.3, 0.4) is 0 Å². The van der Waals surface area contributed by atoms with E-state index in [4.69, 9.17) is 21.7 Å². The predicted octanol–water partition coefficient (Wildman–Crippen LogP) is 3.34. The monoisotopic (exact) mass is 437 g/mol. The normalized spacial score (nSPS) is 11.3. The molecule has 0 aliphatic carbocycles. The molecule has 1 atom stereocenters. The number of carbonyl (C=O) groups excluding carboxylic acids is 2. The molecular formula is C23H23N3O4S. The summed E-state index contributed by atoms with van der Waals surface area (Å²) in [6.07, 6.45) is -0.779. The molecule has 0 aliphatic heterocycles. The van der Waals surface area contributed by atoms with Gasteiger partial charge in [-0.1, -0.05) is 30.3 Å². The van der Waals surface area contributed by atoms with Crippen molar-refractivity contribution in [2.24, 2.45) is 0 Å². The van der Waals surface area contributed by atoms with E-state index in [1.165, 1.54) is 0 Å². The molecule has 0 radical (unpaired) electrons. The molecule has 0 aliphatic rings. The summed E-state index contributed by atoms with van der Waals surface area (Å²) in [6, 6.07) is 20.1. The molecule has 3 N–H and O–H groups in total. The van der Waals surface area contributed by atoms with E-state index in [-0.39, 0.29) is 5.11 Å². The maximum atomic E-state index is 12.3. The first kappa shape index (κ1) is 22.0. The number of fused-ring (bicyclic) bond motifs is 1. The molecule has 8 heteroatoms. The fourth-order valence-electron chi connectivity index (χ4n) is 2.79. The van der Waals surface area contributed by atoms with E-state index in [0.29, 0.717) is 23.7 Å². The first-order valence-electron chi connectivity index (χ1n) is 9.75. The van der Waals surface area contributed by atoms with Crippen LogP contribution in [0, 0.1) is 0 Å². The highest BCUT2D eigenvalue weighted by Crippen LogP contribution is 2.21. The zero-order valence-corrected chi connectivity index (χ0v) is 18.0. The second-order valence-electron chi connectivity index (χ2n) is 6.62. The molecule has 7 nitrogen and oxygen atoms in total. The van der Waals surface area contributed by atoms with Gasteiger partial charge in [0.15, 0.2) is 11.2 Å². The smallest absolute Gasteiger partial charge is 0.279 e. The molecule has 0 saturated heterocycles. The lowest BCUT2D eigenvalue weighted by molar-refractivity contribution is -0.127. The number of nitrogens with one attached hydrogen (secondary N) is 3. The Balaban J connectivity index is 1.47.